The first kappa shape index (κ1) is 22.5. The molecule has 6 rings (SSSR count). The molecule has 0 unspecified atom stereocenters. The molecule has 2 fully saturated rings. The lowest BCUT2D eigenvalue weighted by Crippen LogP contribution is -2.28. The molecule has 12 heteroatoms. The van der Waals surface area contributed by atoms with Crippen LogP contribution in [0.2, 0.25) is 5.15 Å². The quantitative estimate of drug-likeness (QED) is 0.422. The molecule has 3 heterocycles. The largest absolute Gasteiger partial charge is 0.352 e. The van der Waals surface area contributed by atoms with Crippen molar-refractivity contribution in [1.82, 2.24) is 29.9 Å². The number of hydrogen-bond donors (Lipinski definition) is 3. The van der Waals surface area contributed by atoms with E-state index >= 15 is 0 Å². The fourth-order valence-corrected chi connectivity index (χ4v) is 6.06. The van der Waals surface area contributed by atoms with Crippen LogP contribution in [0.15, 0.2) is 12.4 Å². The zero-order valence-corrected chi connectivity index (χ0v) is 21.0. The number of rotatable bonds is 8. The number of amides is 2. The van der Waals surface area contributed by atoms with Crippen LogP contribution >= 0.6 is 22.9 Å². The summed E-state index contributed by atoms with van der Waals surface area (Å²) < 4.78 is 3.66. The summed E-state index contributed by atoms with van der Waals surface area (Å²) in [4.78, 5) is 27.0. The molecule has 3 aliphatic carbocycles. The van der Waals surface area contributed by atoms with Crippen LogP contribution in [0.5, 0.6) is 0 Å². The molecule has 35 heavy (non-hydrogen) atoms. The van der Waals surface area contributed by atoms with Crippen LogP contribution < -0.4 is 16.0 Å². The monoisotopic (exact) mass is 514 g/mol. The van der Waals surface area contributed by atoms with E-state index in [1.165, 1.54) is 17.7 Å². The first-order valence-electron chi connectivity index (χ1n) is 12.1. The van der Waals surface area contributed by atoms with Gasteiger partial charge in [0.15, 0.2) is 5.15 Å². The van der Waals surface area contributed by atoms with Crippen molar-refractivity contribution in [2.24, 2.45) is 18.9 Å². The van der Waals surface area contributed by atoms with E-state index in [9.17, 15) is 9.59 Å². The van der Waals surface area contributed by atoms with Gasteiger partial charge in [-0.05, 0) is 56.4 Å². The minimum atomic E-state index is -0.0900. The third-order valence-corrected chi connectivity index (χ3v) is 8.34. The highest BCUT2D eigenvalue weighted by Crippen LogP contribution is 2.43. The summed E-state index contributed by atoms with van der Waals surface area (Å²) in [7, 11) is 1.80. The molecule has 3 aromatic rings. The molecule has 3 aliphatic rings. The Balaban J connectivity index is 1.27. The normalized spacial score (nSPS) is 19.3. The Kier molecular flexibility index (Phi) is 5.76. The van der Waals surface area contributed by atoms with Gasteiger partial charge in [0.2, 0.25) is 11.9 Å². The van der Waals surface area contributed by atoms with E-state index in [4.69, 9.17) is 11.6 Å². The topological polar surface area (TPSA) is 119 Å². The van der Waals surface area contributed by atoms with Gasteiger partial charge in [-0.2, -0.15) is 5.10 Å². The molecular weight excluding hydrogens is 488 g/mol. The third-order valence-electron chi connectivity index (χ3n) is 6.95. The van der Waals surface area contributed by atoms with Crippen LogP contribution in [0, 0.1) is 11.8 Å². The molecule has 0 radical (unpaired) electrons. The molecule has 184 valence electrons. The van der Waals surface area contributed by atoms with E-state index in [1.54, 1.807) is 35.5 Å². The number of fused-ring (bicyclic) bond motifs is 1. The van der Waals surface area contributed by atoms with Crippen molar-refractivity contribution >= 4 is 51.5 Å². The van der Waals surface area contributed by atoms with Crippen LogP contribution in [0.4, 0.5) is 16.8 Å². The van der Waals surface area contributed by atoms with Crippen LogP contribution in [0.25, 0.3) is 0 Å². The molecule has 3 aromatic heterocycles. The van der Waals surface area contributed by atoms with Crippen molar-refractivity contribution in [2.75, 3.05) is 17.2 Å². The maximum Gasteiger partial charge on any atom is 0.254 e. The smallest absolute Gasteiger partial charge is 0.254 e. The molecule has 0 saturated heterocycles. The average molecular weight is 515 g/mol. The lowest BCUT2D eigenvalue weighted by Gasteiger charge is -2.25. The number of nitrogens with zero attached hydrogens (tertiary/aromatic N) is 5. The molecule has 0 aromatic carbocycles. The van der Waals surface area contributed by atoms with E-state index < -0.39 is 0 Å². The van der Waals surface area contributed by atoms with Crippen molar-refractivity contribution in [2.45, 2.75) is 51.0 Å². The lowest BCUT2D eigenvalue weighted by molar-refractivity contribution is -0.117. The molecule has 0 bridgehead atoms. The van der Waals surface area contributed by atoms with Gasteiger partial charge in [-0.1, -0.05) is 11.6 Å². The zero-order chi connectivity index (χ0) is 24.1. The van der Waals surface area contributed by atoms with E-state index in [-0.39, 0.29) is 23.8 Å². The summed E-state index contributed by atoms with van der Waals surface area (Å²) in [6.07, 6.45) is 8.26. The summed E-state index contributed by atoms with van der Waals surface area (Å²) in [6.45, 7) is 0.690. The average Bonchev–Trinajstić information content (AvgIpc) is 3.74. The molecule has 1 atom stereocenters. The SMILES string of the molecule is Cn1nc(Cl)cc1Nc1nncn1[C@H]1CCc2sc(NC(=O)C3CC3)c(C(=O)NCC3CC3)c2C1. The second kappa shape index (κ2) is 8.94. The Morgan fingerprint density at radius 2 is 2.06 bits per heavy atom. The number of hydrogen-bond acceptors (Lipinski definition) is 7. The van der Waals surface area contributed by atoms with Gasteiger partial charge in [-0.3, -0.25) is 18.8 Å². The minimum absolute atomic E-state index is 0.0246. The van der Waals surface area contributed by atoms with Crippen LogP contribution in [-0.2, 0) is 24.7 Å². The minimum Gasteiger partial charge on any atom is -0.352 e. The van der Waals surface area contributed by atoms with Crippen LogP contribution in [-0.4, -0.2) is 42.9 Å². The molecule has 3 N–H and O–H groups in total. The number of thiophene rings is 1. The molecular formula is C23H27ClN8O2S. The number of carbonyl (C=O) groups excluding carboxylic acids is 2. The first-order valence-corrected chi connectivity index (χ1v) is 13.3. The molecule has 2 saturated carbocycles. The summed E-state index contributed by atoms with van der Waals surface area (Å²) in [5.74, 6) is 1.90. The van der Waals surface area contributed by atoms with Gasteiger partial charge in [0.25, 0.3) is 5.91 Å². The first-order chi connectivity index (χ1) is 17.0. The van der Waals surface area contributed by atoms with Gasteiger partial charge in [0.05, 0.1) is 5.56 Å². The number of aromatic nitrogens is 5. The Morgan fingerprint density at radius 3 is 2.77 bits per heavy atom. The summed E-state index contributed by atoms with van der Waals surface area (Å²) in [5, 5.41) is 23.1. The second-order valence-corrected chi connectivity index (χ2v) is 11.2. The Labute approximate surface area is 211 Å². The van der Waals surface area contributed by atoms with E-state index in [2.05, 4.69) is 31.2 Å². The predicted molar refractivity (Wildman–Crippen MR) is 133 cm³/mol. The third kappa shape index (κ3) is 4.66. The van der Waals surface area contributed by atoms with Gasteiger partial charge < -0.3 is 16.0 Å². The number of nitrogens with one attached hydrogen (secondary N) is 3. The molecule has 0 aliphatic heterocycles. The fourth-order valence-electron chi connectivity index (χ4n) is 4.60. The van der Waals surface area contributed by atoms with Gasteiger partial charge in [0, 0.05) is 36.5 Å². The summed E-state index contributed by atoms with van der Waals surface area (Å²) in [6, 6.07) is 1.80. The van der Waals surface area contributed by atoms with Crippen LogP contribution in [0.3, 0.4) is 0 Å². The predicted octanol–water partition coefficient (Wildman–Crippen LogP) is 3.69. The number of halogens is 1. The van der Waals surface area contributed by atoms with Crippen molar-refractivity contribution in [3.8, 4) is 0 Å². The van der Waals surface area contributed by atoms with Crippen LogP contribution in [0.1, 0.15) is 58.9 Å². The Morgan fingerprint density at radius 1 is 1.23 bits per heavy atom. The van der Waals surface area contributed by atoms with Gasteiger partial charge >= 0.3 is 0 Å². The highest BCUT2D eigenvalue weighted by molar-refractivity contribution is 7.17. The molecule has 10 nitrogen and oxygen atoms in total. The van der Waals surface area contributed by atoms with Gasteiger partial charge in [-0.15, -0.1) is 21.5 Å². The van der Waals surface area contributed by atoms with E-state index in [1.807, 2.05) is 4.57 Å². The van der Waals surface area contributed by atoms with E-state index in [0.717, 1.165) is 31.2 Å². The van der Waals surface area contributed by atoms with Crippen molar-refractivity contribution in [3.63, 3.8) is 0 Å². The number of carbonyl (C=O) groups is 2. The van der Waals surface area contributed by atoms with Gasteiger partial charge in [0.1, 0.15) is 17.1 Å². The lowest BCUT2D eigenvalue weighted by atomic mass is 9.91. The number of anilines is 3. The zero-order valence-electron chi connectivity index (χ0n) is 19.4. The Hall–Kier alpha value is -2.92. The standard InChI is InChI=1S/C23H27ClN8O2S/c1-31-18(9-17(24)30-31)27-23-29-26-11-32(23)14-6-7-16-15(8-14)19(21(34)25-10-12-2-3-12)22(35-16)28-20(33)13-4-5-13/h9,11-14H,2-8,10H2,1H3,(H,25,34)(H,27,29)(H,28,33)/t14-/m0/s1. The maximum absolute atomic E-state index is 13.3. The number of aryl methyl sites for hydroxylation is 2. The summed E-state index contributed by atoms with van der Waals surface area (Å²) >= 11 is 7.58. The van der Waals surface area contributed by atoms with Crippen molar-refractivity contribution in [1.29, 1.82) is 0 Å². The van der Waals surface area contributed by atoms with Gasteiger partial charge in [-0.25, -0.2) is 0 Å². The highest BCUT2D eigenvalue weighted by atomic mass is 35.5. The van der Waals surface area contributed by atoms with E-state index in [0.29, 0.717) is 46.4 Å². The highest BCUT2D eigenvalue weighted by Gasteiger charge is 2.35. The molecule has 2 amide bonds. The molecule has 0 spiro atoms. The van der Waals surface area contributed by atoms with Crippen molar-refractivity contribution < 1.29 is 9.59 Å². The fraction of sp³-hybridized carbons (Fsp3) is 0.522. The summed E-state index contributed by atoms with van der Waals surface area (Å²) in [5.41, 5.74) is 1.65. The van der Waals surface area contributed by atoms with Crippen molar-refractivity contribution in [3.05, 3.63) is 33.6 Å². The maximum atomic E-state index is 13.3. The Bertz CT molecular complexity index is 1290. The second-order valence-electron chi connectivity index (χ2n) is 9.68.